The predicted molar refractivity (Wildman–Crippen MR) is 87.1 cm³/mol. The Hall–Kier alpha value is -2.02. The third-order valence-corrected chi connectivity index (χ3v) is 4.36. The van der Waals surface area contributed by atoms with Crippen LogP contribution < -0.4 is 5.32 Å². The van der Waals surface area contributed by atoms with Crippen LogP contribution in [0.4, 0.5) is 5.95 Å². The van der Waals surface area contributed by atoms with Gasteiger partial charge >= 0.3 is 0 Å². The van der Waals surface area contributed by atoms with Gasteiger partial charge < -0.3 is 10.1 Å². The SMILES string of the molecule is CCn1cc([C@@H]2OCCC[C@H]2CNc2nnc(C)c(C)n2)cn1. The highest BCUT2D eigenvalue weighted by Crippen LogP contribution is 2.33. The molecule has 2 atom stereocenters. The molecule has 0 aromatic carbocycles. The Bertz CT molecular complexity index is 656. The summed E-state index contributed by atoms with van der Waals surface area (Å²) in [4.78, 5) is 4.43. The zero-order valence-electron chi connectivity index (χ0n) is 14.0. The summed E-state index contributed by atoms with van der Waals surface area (Å²) in [5.74, 6) is 0.963. The van der Waals surface area contributed by atoms with Crippen LogP contribution in [0.25, 0.3) is 0 Å². The van der Waals surface area contributed by atoms with Gasteiger partial charge in [0.05, 0.1) is 23.7 Å². The van der Waals surface area contributed by atoms with E-state index in [1.807, 2.05) is 24.7 Å². The summed E-state index contributed by atoms with van der Waals surface area (Å²) in [6, 6.07) is 0. The van der Waals surface area contributed by atoms with Crippen LogP contribution in [0.15, 0.2) is 12.4 Å². The van der Waals surface area contributed by atoms with Crippen molar-refractivity contribution in [2.45, 2.75) is 46.3 Å². The van der Waals surface area contributed by atoms with E-state index in [9.17, 15) is 0 Å². The number of hydrogen-bond acceptors (Lipinski definition) is 6. The molecule has 7 heteroatoms. The van der Waals surface area contributed by atoms with Crippen molar-refractivity contribution in [2.24, 2.45) is 5.92 Å². The first kappa shape index (κ1) is 15.9. The summed E-state index contributed by atoms with van der Waals surface area (Å²) in [6.45, 7) is 8.39. The summed E-state index contributed by atoms with van der Waals surface area (Å²) >= 11 is 0. The van der Waals surface area contributed by atoms with Gasteiger partial charge in [0, 0.05) is 37.4 Å². The van der Waals surface area contributed by atoms with Crippen molar-refractivity contribution in [1.29, 1.82) is 0 Å². The van der Waals surface area contributed by atoms with E-state index in [0.717, 1.165) is 49.5 Å². The number of rotatable bonds is 5. The molecule has 124 valence electrons. The van der Waals surface area contributed by atoms with E-state index in [0.29, 0.717) is 11.9 Å². The van der Waals surface area contributed by atoms with Gasteiger partial charge in [-0.25, -0.2) is 4.98 Å². The number of aryl methyl sites for hydroxylation is 3. The Balaban J connectivity index is 1.67. The Morgan fingerprint density at radius 1 is 1.30 bits per heavy atom. The van der Waals surface area contributed by atoms with E-state index in [-0.39, 0.29) is 6.10 Å². The molecule has 3 heterocycles. The zero-order chi connectivity index (χ0) is 16.2. The van der Waals surface area contributed by atoms with Crippen LogP contribution in [0.3, 0.4) is 0 Å². The van der Waals surface area contributed by atoms with E-state index in [4.69, 9.17) is 4.74 Å². The second-order valence-corrected chi connectivity index (χ2v) is 6.01. The van der Waals surface area contributed by atoms with Crippen molar-refractivity contribution in [3.63, 3.8) is 0 Å². The molecule has 2 aromatic rings. The molecule has 1 fully saturated rings. The van der Waals surface area contributed by atoms with E-state index >= 15 is 0 Å². The maximum absolute atomic E-state index is 6.02. The first-order valence-electron chi connectivity index (χ1n) is 8.23. The summed E-state index contributed by atoms with van der Waals surface area (Å²) in [6.07, 6.45) is 6.28. The zero-order valence-corrected chi connectivity index (χ0v) is 14.0. The van der Waals surface area contributed by atoms with Gasteiger partial charge in [-0.3, -0.25) is 4.68 Å². The maximum atomic E-state index is 6.02. The number of aromatic nitrogens is 5. The van der Waals surface area contributed by atoms with Crippen LogP contribution in [0.2, 0.25) is 0 Å². The first-order valence-corrected chi connectivity index (χ1v) is 8.23. The Labute approximate surface area is 136 Å². The smallest absolute Gasteiger partial charge is 0.242 e. The maximum Gasteiger partial charge on any atom is 0.242 e. The topological polar surface area (TPSA) is 77.8 Å². The number of ether oxygens (including phenoxy) is 1. The third-order valence-electron chi connectivity index (χ3n) is 4.36. The molecule has 23 heavy (non-hydrogen) atoms. The van der Waals surface area contributed by atoms with Crippen LogP contribution >= 0.6 is 0 Å². The lowest BCUT2D eigenvalue weighted by Gasteiger charge is -2.31. The molecule has 1 N–H and O–H groups in total. The lowest BCUT2D eigenvalue weighted by Crippen LogP contribution is -2.28. The van der Waals surface area contributed by atoms with Gasteiger partial charge in [0.1, 0.15) is 0 Å². The molecule has 0 unspecified atom stereocenters. The fourth-order valence-electron chi connectivity index (χ4n) is 2.87. The lowest BCUT2D eigenvalue weighted by atomic mass is 9.91. The molecule has 3 rings (SSSR count). The summed E-state index contributed by atoms with van der Waals surface area (Å²) in [7, 11) is 0. The average Bonchev–Trinajstić information content (AvgIpc) is 3.05. The molecule has 0 radical (unpaired) electrons. The highest BCUT2D eigenvalue weighted by Gasteiger charge is 2.28. The number of nitrogens with one attached hydrogen (secondary N) is 1. The quantitative estimate of drug-likeness (QED) is 0.912. The lowest BCUT2D eigenvalue weighted by molar-refractivity contribution is -0.0239. The van der Waals surface area contributed by atoms with E-state index in [2.05, 4.69) is 38.7 Å². The van der Waals surface area contributed by atoms with Gasteiger partial charge in [-0.05, 0) is 33.6 Å². The molecule has 2 aromatic heterocycles. The van der Waals surface area contributed by atoms with Gasteiger partial charge in [-0.2, -0.15) is 10.2 Å². The molecular weight excluding hydrogens is 292 g/mol. The minimum Gasteiger partial charge on any atom is -0.373 e. The normalized spacial score (nSPS) is 21.3. The van der Waals surface area contributed by atoms with Crippen LogP contribution in [0.1, 0.15) is 42.8 Å². The van der Waals surface area contributed by atoms with Crippen LogP contribution in [-0.4, -0.2) is 38.1 Å². The first-order chi connectivity index (χ1) is 11.2. The van der Waals surface area contributed by atoms with E-state index in [1.54, 1.807) is 0 Å². The third kappa shape index (κ3) is 3.67. The minimum atomic E-state index is 0.0797. The minimum absolute atomic E-state index is 0.0797. The summed E-state index contributed by atoms with van der Waals surface area (Å²) in [5, 5.41) is 15.9. The van der Waals surface area contributed by atoms with Gasteiger partial charge in [0.2, 0.25) is 5.95 Å². The largest absolute Gasteiger partial charge is 0.373 e. The van der Waals surface area contributed by atoms with Gasteiger partial charge in [-0.1, -0.05) is 0 Å². The standard InChI is InChI=1S/C16H24N6O/c1-4-22-10-14(9-18-22)15-13(6-5-7-23-15)8-17-16-19-11(2)12(3)20-21-16/h9-10,13,15H,4-8H2,1-3H3,(H,17,19,21)/t13-,15+/m0/s1. The second-order valence-electron chi connectivity index (χ2n) is 6.01. The van der Waals surface area contributed by atoms with Crippen LogP contribution in [0, 0.1) is 19.8 Å². The predicted octanol–water partition coefficient (Wildman–Crippen LogP) is 2.28. The molecule has 0 saturated carbocycles. The molecule has 0 aliphatic carbocycles. The molecule has 0 amide bonds. The van der Waals surface area contributed by atoms with Gasteiger partial charge in [-0.15, -0.1) is 5.10 Å². The van der Waals surface area contributed by atoms with Gasteiger partial charge in [0.15, 0.2) is 0 Å². The highest BCUT2D eigenvalue weighted by molar-refractivity contribution is 5.25. The van der Waals surface area contributed by atoms with Crippen LogP contribution in [0.5, 0.6) is 0 Å². The van der Waals surface area contributed by atoms with E-state index < -0.39 is 0 Å². The molecular formula is C16H24N6O. The van der Waals surface area contributed by atoms with Gasteiger partial charge in [0.25, 0.3) is 0 Å². The number of anilines is 1. The number of nitrogens with zero attached hydrogens (tertiary/aromatic N) is 5. The Morgan fingerprint density at radius 2 is 2.17 bits per heavy atom. The molecule has 0 spiro atoms. The fourth-order valence-corrected chi connectivity index (χ4v) is 2.87. The summed E-state index contributed by atoms with van der Waals surface area (Å²) in [5.41, 5.74) is 2.92. The Kier molecular flexibility index (Phi) is 4.85. The van der Waals surface area contributed by atoms with Crippen molar-refractivity contribution in [2.75, 3.05) is 18.5 Å². The average molecular weight is 316 g/mol. The van der Waals surface area contributed by atoms with Crippen molar-refractivity contribution in [1.82, 2.24) is 25.0 Å². The molecule has 1 aliphatic rings. The van der Waals surface area contributed by atoms with Crippen molar-refractivity contribution >= 4 is 5.95 Å². The second kappa shape index (κ2) is 7.04. The van der Waals surface area contributed by atoms with Crippen molar-refractivity contribution in [3.8, 4) is 0 Å². The molecule has 7 nitrogen and oxygen atoms in total. The molecule has 1 saturated heterocycles. The molecule has 0 bridgehead atoms. The fraction of sp³-hybridized carbons (Fsp3) is 0.625. The monoisotopic (exact) mass is 316 g/mol. The van der Waals surface area contributed by atoms with Crippen LogP contribution in [-0.2, 0) is 11.3 Å². The number of hydrogen-bond donors (Lipinski definition) is 1. The summed E-state index contributed by atoms with van der Waals surface area (Å²) < 4.78 is 7.95. The molecule has 1 aliphatic heterocycles. The highest BCUT2D eigenvalue weighted by atomic mass is 16.5. The van der Waals surface area contributed by atoms with E-state index in [1.165, 1.54) is 0 Å². The Morgan fingerprint density at radius 3 is 2.91 bits per heavy atom. The van der Waals surface area contributed by atoms with Crippen molar-refractivity contribution in [3.05, 3.63) is 29.3 Å². The van der Waals surface area contributed by atoms with Crippen molar-refractivity contribution < 1.29 is 4.74 Å².